The summed E-state index contributed by atoms with van der Waals surface area (Å²) in [5.41, 5.74) is 1.19. The van der Waals surface area contributed by atoms with Crippen LogP contribution in [0.15, 0.2) is 36.7 Å². The lowest BCUT2D eigenvalue weighted by atomic mass is 10.3. The van der Waals surface area contributed by atoms with Crippen LogP contribution in [0.2, 0.25) is 5.02 Å². The van der Waals surface area contributed by atoms with Crippen molar-refractivity contribution in [1.82, 2.24) is 15.1 Å². The summed E-state index contributed by atoms with van der Waals surface area (Å²) in [5, 5.41) is 9.55. The average Bonchev–Trinajstić information content (AvgIpc) is 2.91. The van der Waals surface area contributed by atoms with Gasteiger partial charge in [0.2, 0.25) is 0 Å². The molecule has 0 fully saturated rings. The van der Waals surface area contributed by atoms with Gasteiger partial charge in [-0.3, -0.25) is 0 Å². The number of hydrogen-bond acceptors (Lipinski definition) is 4. The predicted octanol–water partition coefficient (Wildman–Crippen LogP) is 1.69. The first-order valence-electron chi connectivity index (χ1n) is 6.37. The summed E-state index contributed by atoms with van der Waals surface area (Å²) in [5.74, 6) is -0.112. The number of nitrogens with zero attached hydrogens (tertiary/aromatic N) is 2. The quantitative estimate of drug-likeness (QED) is 0.864. The summed E-state index contributed by atoms with van der Waals surface area (Å²) < 4.78 is 23.5. The van der Waals surface area contributed by atoms with E-state index in [-0.39, 0.29) is 12.3 Å². The molecule has 0 atom stereocenters. The maximum atomic E-state index is 11.6. The van der Waals surface area contributed by atoms with Crippen LogP contribution in [0.5, 0.6) is 0 Å². The van der Waals surface area contributed by atoms with Gasteiger partial charge in [-0.2, -0.15) is 5.10 Å². The van der Waals surface area contributed by atoms with Gasteiger partial charge in [-0.05, 0) is 24.3 Å². The fourth-order valence-corrected chi connectivity index (χ4v) is 2.45. The van der Waals surface area contributed by atoms with Crippen LogP contribution < -0.4 is 10.6 Å². The SMILES string of the molecule is CS(=O)(=O)CCNC(=O)Nc1ccc(-n2cccn2)c(Cl)c1. The smallest absolute Gasteiger partial charge is 0.319 e. The number of rotatable bonds is 5. The van der Waals surface area contributed by atoms with Crippen LogP contribution in [0.3, 0.4) is 0 Å². The van der Waals surface area contributed by atoms with Gasteiger partial charge in [0.1, 0.15) is 9.84 Å². The van der Waals surface area contributed by atoms with Crippen molar-refractivity contribution in [2.45, 2.75) is 0 Å². The second-order valence-corrected chi connectivity index (χ2v) is 7.29. The van der Waals surface area contributed by atoms with E-state index < -0.39 is 15.9 Å². The summed E-state index contributed by atoms with van der Waals surface area (Å²) in [6, 6.07) is 6.28. The van der Waals surface area contributed by atoms with Gasteiger partial charge in [0.05, 0.1) is 16.5 Å². The number of carbonyl (C=O) groups excluding carboxylic acids is 1. The predicted molar refractivity (Wildman–Crippen MR) is 85.3 cm³/mol. The summed E-state index contributed by atoms with van der Waals surface area (Å²) in [6.45, 7) is 0.0454. The minimum Gasteiger partial charge on any atom is -0.337 e. The molecule has 0 aliphatic rings. The van der Waals surface area contributed by atoms with Crippen molar-refractivity contribution in [1.29, 1.82) is 0 Å². The number of sulfone groups is 1. The van der Waals surface area contributed by atoms with Crippen molar-refractivity contribution in [3.63, 3.8) is 0 Å². The van der Waals surface area contributed by atoms with Crippen molar-refractivity contribution in [2.24, 2.45) is 0 Å². The fourth-order valence-electron chi connectivity index (χ4n) is 1.71. The molecule has 0 aliphatic heterocycles. The van der Waals surface area contributed by atoms with Gasteiger partial charge >= 0.3 is 6.03 Å². The molecule has 0 bridgehead atoms. The van der Waals surface area contributed by atoms with E-state index in [0.717, 1.165) is 6.26 Å². The number of anilines is 1. The molecule has 0 unspecified atom stereocenters. The Kier molecular flexibility index (Phi) is 5.04. The zero-order valence-electron chi connectivity index (χ0n) is 11.8. The van der Waals surface area contributed by atoms with Gasteiger partial charge in [-0.25, -0.2) is 17.9 Å². The largest absolute Gasteiger partial charge is 0.337 e. The molecule has 2 N–H and O–H groups in total. The molecule has 2 rings (SSSR count). The monoisotopic (exact) mass is 342 g/mol. The van der Waals surface area contributed by atoms with E-state index in [4.69, 9.17) is 11.6 Å². The third-order valence-corrected chi connectivity index (χ3v) is 3.96. The lowest BCUT2D eigenvalue weighted by Gasteiger charge is -2.09. The van der Waals surface area contributed by atoms with E-state index >= 15 is 0 Å². The Bertz CT molecular complexity index is 760. The number of carbonyl (C=O) groups is 1. The van der Waals surface area contributed by atoms with Gasteiger partial charge in [-0.1, -0.05) is 11.6 Å². The van der Waals surface area contributed by atoms with E-state index in [0.29, 0.717) is 16.4 Å². The van der Waals surface area contributed by atoms with E-state index in [9.17, 15) is 13.2 Å². The first-order valence-corrected chi connectivity index (χ1v) is 8.81. The Morgan fingerprint density at radius 1 is 1.41 bits per heavy atom. The van der Waals surface area contributed by atoms with Crippen LogP contribution in [0.25, 0.3) is 5.69 Å². The van der Waals surface area contributed by atoms with E-state index in [1.54, 1.807) is 41.3 Å². The van der Waals surface area contributed by atoms with Crippen LogP contribution in [0.1, 0.15) is 0 Å². The Morgan fingerprint density at radius 2 is 2.18 bits per heavy atom. The van der Waals surface area contributed by atoms with Crippen molar-refractivity contribution >= 4 is 33.2 Å². The summed E-state index contributed by atoms with van der Waals surface area (Å²) in [7, 11) is -3.10. The Balaban J connectivity index is 1.96. The van der Waals surface area contributed by atoms with Crippen molar-refractivity contribution < 1.29 is 13.2 Å². The summed E-state index contributed by atoms with van der Waals surface area (Å²) >= 11 is 6.16. The van der Waals surface area contributed by atoms with Crippen LogP contribution >= 0.6 is 11.6 Å². The lowest BCUT2D eigenvalue weighted by Crippen LogP contribution is -2.32. The fraction of sp³-hybridized carbons (Fsp3) is 0.231. The molecule has 0 spiro atoms. The number of benzene rings is 1. The van der Waals surface area contributed by atoms with E-state index in [2.05, 4.69) is 15.7 Å². The number of aromatic nitrogens is 2. The molecule has 2 aromatic rings. The second kappa shape index (κ2) is 6.80. The van der Waals surface area contributed by atoms with Crippen LogP contribution in [-0.4, -0.2) is 42.8 Å². The van der Waals surface area contributed by atoms with Crippen LogP contribution in [-0.2, 0) is 9.84 Å². The van der Waals surface area contributed by atoms with Gasteiger partial charge in [0, 0.05) is 30.9 Å². The van der Waals surface area contributed by atoms with Crippen molar-refractivity contribution in [3.05, 3.63) is 41.7 Å². The maximum Gasteiger partial charge on any atom is 0.319 e. The van der Waals surface area contributed by atoms with Crippen LogP contribution in [0.4, 0.5) is 10.5 Å². The third kappa shape index (κ3) is 4.74. The molecule has 2 amide bonds. The van der Waals surface area contributed by atoms with Crippen molar-refractivity contribution in [2.75, 3.05) is 23.9 Å². The van der Waals surface area contributed by atoms with Gasteiger partial charge in [-0.15, -0.1) is 0 Å². The Labute approximate surface area is 133 Å². The molecule has 118 valence electrons. The van der Waals surface area contributed by atoms with Crippen molar-refractivity contribution in [3.8, 4) is 5.69 Å². The summed E-state index contributed by atoms with van der Waals surface area (Å²) in [6.07, 6.45) is 4.50. The topological polar surface area (TPSA) is 93.1 Å². The zero-order chi connectivity index (χ0) is 16.2. The number of amides is 2. The third-order valence-electron chi connectivity index (χ3n) is 2.72. The minimum atomic E-state index is -3.10. The highest BCUT2D eigenvalue weighted by molar-refractivity contribution is 7.90. The molecule has 0 saturated heterocycles. The minimum absolute atomic E-state index is 0.0454. The second-order valence-electron chi connectivity index (χ2n) is 4.63. The highest BCUT2D eigenvalue weighted by Crippen LogP contribution is 2.23. The molecular formula is C13H15ClN4O3S. The zero-order valence-corrected chi connectivity index (χ0v) is 13.4. The first-order chi connectivity index (χ1) is 10.3. The number of urea groups is 1. The van der Waals surface area contributed by atoms with Gasteiger partial charge in [0.25, 0.3) is 0 Å². The maximum absolute atomic E-state index is 11.6. The molecule has 1 aromatic carbocycles. The molecule has 0 radical (unpaired) electrons. The lowest BCUT2D eigenvalue weighted by molar-refractivity contribution is 0.252. The highest BCUT2D eigenvalue weighted by Gasteiger charge is 2.08. The molecule has 0 aliphatic carbocycles. The number of nitrogens with one attached hydrogen (secondary N) is 2. The summed E-state index contributed by atoms with van der Waals surface area (Å²) in [4.78, 5) is 11.6. The molecule has 7 nitrogen and oxygen atoms in total. The van der Waals surface area contributed by atoms with Gasteiger partial charge < -0.3 is 10.6 Å². The Hall–Kier alpha value is -2.06. The van der Waals surface area contributed by atoms with E-state index in [1.807, 2.05) is 0 Å². The molecule has 9 heteroatoms. The normalized spacial score (nSPS) is 11.2. The average molecular weight is 343 g/mol. The van der Waals surface area contributed by atoms with E-state index in [1.165, 1.54) is 0 Å². The number of halogens is 1. The van der Waals surface area contributed by atoms with Crippen LogP contribution in [0, 0.1) is 0 Å². The number of hydrogen-bond donors (Lipinski definition) is 2. The Morgan fingerprint density at radius 3 is 2.77 bits per heavy atom. The molecule has 1 heterocycles. The molecule has 1 aromatic heterocycles. The standard InChI is InChI=1S/C13H15ClN4O3S/c1-22(20,21)8-6-15-13(19)17-10-3-4-12(11(14)9-10)18-7-2-5-16-18/h2-5,7,9H,6,8H2,1H3,(H2,15,17,19). The highest BCUT2D eigenvalue weighted by atomic mass is 35.5. The first kappa shape index (κ1) is 16.3. The molecule has 0 saturated carbocycles. The molecule has 22 heavy (non-hydrogen) atoms. The molecular weight excluding hydrogens is 328 g/mol. The van der Waals surface area contributed by atoms with Gasteiger partial charge in [0.15, 0.2) is 0 Å².